The average molecular weight is 380 g/mol. The van der Waals surface area contributed by atoms with Crippen LogP contribution in [0.5, 0.6) is 0 Å². The molecule has 0 saturated carbocycles. The van der Waals surface area contributed by atoms with Gasteiger partial charge in [0.25, 0.3) is 0 Å². The fraction of sp³-hybridized carbons (Fsp3) is 0.526. The van der Waals surface area contributed by atoms with Crippen molar-refractivity contribution in [2.24, 2.45) is 0 Å². The highest BCUT2D eigenvalue weighted by molar-refractivity contribution is 5.87. The normalized spacial score (nSPS) is 12.9. The zero-order chi connectivity index (χ0) is 20.6. The SMILES string of the molecule is COC(=O)C(C)(Cc1ccccc1)N(NC(=O)OC(C)C)C(=O)OC(C)C. The van der Waals surface area contributed by atoms with Crippen molar-refractivity contribution in [1.29, 1.82) is 0 Å². The Labute approximate surface area is 159 Å². The standard InChI is InChI=1S/C19H28N2O6/c1-13(2)26-17(23)20-21(18(24)27-14(3)4)19(5,16(22)25-6)12-15-10-8-7-9-11-15/h7-11,13-14H,12H2,1-6H3,(H,20,23). The first-order chi connectivity index (χ1) is 12.6. The average Bonchev–Trinajstić information content (AvgIpc) is 2.58. The van der Waals surface area contributed by atoms with Gasteiger partial charge in [-0.25, -0.2) is 19.8 Å². The monoisotopic (exact) mass is 380 g/mol. The first kappa shape index (κ1) is 22.3. The number of methoxy groups -OCH3 is 1. The Kier molecular flexibility index (Phi) is 8.08. The van der Waals surface area contributed by atoms with Gasteiger partial charge in [-0.1, -0.05) is 30.3 Å². The molecule has 0 radical (unpaired) electrons. The Hall–Kier alpha value is -2.77. The van der Waals surface area contributed by atoms with Crippen LogP contribution in [0.4, 0.5) is 9.59 Å². The van der Waals surface area contributed by atoms with Crippen LogP contribution >= 0.6 is 0 Å². The summed E-state index contributed by atoms with van der Waals surface area (Å²) in [5.74, 6) is -0.711. The van der Waals surface area contributed by atoms with Crippen LogP contribution in [0, 0.1) is 0 Å². The molecule has 0 aromatic heterocycles. The lowest BCUT2D eigenvalue weighted by Crippen LogP contribution is -2.64. The Bertz CT molecular complexity index is 647. The first-order valence-electron chi connectivity index (χ1n) is 8.70. The van der Waals surface area contributed by atoms with Crippen LogP contribution in [0.1, 0.15) is 40.2 Å². The number of carbonyl (C=O) groups excluding carboxylic acids is 3. The van der Waals surface area contributed by atoms with Gasteiger partial charge in [0, 0.05) is 6.42 Å². The van der Waals surface area contributed by atoms with E-state index in [0.717, 1.165) is 10.6 Å². The summed E-state index contributed by atoms with van der Waals surface area (Å²) in [6.45, 7) is 8.15. The van der Waals surface area contributed by atoms with Gasteiger partial charge >= 0.3 is 18.2 Å². The summed E-state index contributed by atoms with van der Waals surface area (Å²) in [5, 5.41) is 0.830. The molecular weight excluding hydrogens is 352 g/mol. The number of amides is 2. The minimum atomic E-state index is -1.56. The molecule has 0 bridgehead atoms. The van der Waals surface area contributed by atoms with E-state index in [1.54, 1.807) is 39.8 Å². The van der Waals surface area contributed by atoms with Gasteiger partial charge in [0.15, 0.2) is 5.54 Å². The molecule has 0 saturated heterocycles. The Morgan fingerprint density at radius 3 is 2.07 bits per heavy atom. The summed E-state index contributed by atoms with van der Waals surface area (Å²) in [4.78, 5) is 37.4. The van der Waals surface area contributed by atoms with E-state index in [2.05, 4.69) is 5.43 Å². The molecule has 0 fully saturated rings. The third kappa shape index (κ3) is 6.47. The van der Waals surface area contributed by atoms with Crippen molar-refractivity contribution >= 4 is 18.2 Å². The number of benzene rings is 1. The maximum atomic E-state index is 12.7. The van der Waals surface area contributed by atoms with Gasteiger partial charge in [-0.05, 0) is 40.2 Å². The van der Waals surface area contributed by atoms with Gasteiger partial charge in [-0.2, -0.15) is 5.01 Å². The van der Waals surface area contributed by atoms with Crippen molar-refractivity contribution < 1.29 is 28.6 Å². The molecule has 8 heteroatoms. The topological polar surface area (TPSA) is 94.2 Å². The molecule has 27 heavy (non-hydrogen) atoms. The van der Waals surface area contributed by atoms with Gasteiger partial charge < -0.3 is 14.2 Å². The molecular formula is C19H28N2O6. The maximum absolute atomic E-state index is 12.7. The number of hydrazine groups is 1. The van der Waals surface area contributed by atoms with E-state index in [1.165, 1.54) is 14.0 Å². The number of carbonyl (C=O) groups is 3. The summed E-state index contributed by atoms with van der Waals surface area (Å²) >= 11 is 0. The predicted molar refractivity (Wildman–Crippen MR) is 98.8 cm³/mol. The van der Waals surface area contributed by atoms with E-state index < -0.39 is 35.9 Å². The minimum absolute atomic E-state index is 0.0929. The number of esters is 1. The van der Waals surface area contributed by atoms with Crippen LogP contribution in [-0.2, 0) is 25.4 Å². The molecule has 1 N–H and O–H groups in total. The first-order valence-corrected chi connectivity index (χ1v) is 8.70. The molecule has 0 aliphatic carbocycles. The van der Waals surface area contributed by atoms with E-state index in [1.807, 2.05) is 18.2 Å². The predicted octanol–water partition coefficient (Wildman–Crippen LogP) is 3.06. The van der Waals surface area contributed by atoms with Crippen molar-refractivity contribution in [2.75, 3.05) is 7.11 Å². The molecule has 0 heterocycles. The zero-order valence-corrected chi connectivity index (χ0v) is 16.6. The number of nitrogens with one attached hydrogen (secondary N) is 1. The van der Waals surface area contributed by atoms with Crippen molar-refractivity contribution in [3.05, 3.63) is 35.9 Å². The fourth-order valence-electron chi connectivity index (χ4n) is 2.41. The van der Waals surface area contributed by atoms with Crippen LogP contribution in [-0.4, -0.2) is 48.0 Å². The van der Waals surface area contributed by atoms with Gasteiger partial charge in [-0.3, -0.25) is 0 Å². The van der Waals surface area contributed by atoms with E-state index in [0.29, 0.717) is 0 Å². The highest BCUT2D eigenvalue weighted by Gasteiger charge is 2.46. The molecule has 1 aromatic carbocycles. The van der Waals surface area contributed by atoms with Crippen molar-refractivity contribution in [1.82, 2.24) is 10.4 Å². The van der Waals surface area contributed by atoms with Crippen LogP contribution in [0.25, 0.3) is 0 Å². The number of ether oxygens (including phenoxy) is 3. The molecule has 1 aromatic rings. The minimum Gasteiger partial charge on any atom is -0.467 e. The largest absolute Gasteiger partial charge is 0.467 e. The quantitative estimate of drug-likeness (QED) is 0.463. The summed E-state index contributed by atoms with van der Waals surface area (Å²) < 4.78 is 15.2. The van der Waals surface area contributed by atoms with Crippen LogP contribution in [0.15, 0.2) is 30.3 Å². The lowest BCUT2D eigenvalue weighted by molar-refractivity contribution is -0.155. The number of hydrogen-bond donors (Lipinski definition) is 1. The van der Waals surface area contributed by atoms with Gasteiger partial charge in [0.1, 0.15) is 0 Å². The molecule has 2 amide bonds. The second-order valence-corrected chi connectivity index (χ2v) is 6.76. The van der Waals surface area contributed by atoms with Crippen LogP contribution in [0.3, 0.4) is 0 Å². The highest BCUT2D eigenvalue weighted by Crippen LogP contribution is 2.23. The Balaban J connectivity index is 3.28. The molecule has 0 aliphatic rings. The number of rotatable bonds is 6. The zero-order valence-electron chi connectivity index (χ0n) is 16.6. The number of nitrogens with zero attached hydrogens (tertiary/aromatic N) is 1. The van der Waals surface area contributed by atoms with Gasteiger partial charge in [0.05, 0.1) is 19.3 Å². The molecule has 0 aliphatic heterocycles. The Morgan fingerprint density at radius 1 is 1.04 bits per heavy atom. The third-order valence-corrected chi connectivity index (χ3v) is 3.57. The second-order valence-electron chi connectivity index (χ2n) is 6.76. The molecule has 150 valence electrons. The van der Waals surface area contributed by atoms with E-state index in [-0.39, 0.29) is 6.42 Å². The van der Waals surface area contributed by atoms with E-state index in [9.17, 15) is 14.4 Å². The molecule has 8 nitrogen and oxygen atoms in total. The highest BCUT2D eigenvalue weighted by atomic mass is 16.6. The van der Waals surface area contributed by atoms with Gasteiger partial charge in [0.2, 0.25) is 0 Å². The van der Waals surface area contributed by atoms with Crippen LogP contribution < -0.4 is 5.43 Å². The molecule has 0 spiro atoms. The van der Waals surface area contributed by atoms with Crippen molar-refractivity contribution in [3.63, 3.8) is 0 Å². The van der Waals surface area contributed by atoms with E-state index in [4.69, 9.17) is 14.2 Å². The Morgan fingerprint density at radius 2 is 1.59 bits per heavy atom. The van der Waals surface area contributed by atoms with Crippen molar-refractivity contribution in [2.45, 2.75) is 58.8 Å². The molecule has 1 unspecified atom stereocenters. The maximum Gasteiger partial charge on any atom is 0.430 e. The molecule has 1 rings (SSSR count). The summed E-state index contributed by atoms with van der Waals surface area (Å²) in [6.07, 6.45) is -2.55. The molecule has 1 atom stereocenters. The van der Waals surface area contributed by atoms with E-state index >= 15 is 0 Å². The van der Waals surface area contributed by atoms with Crippen LogP contribution in [0.2, 0.25) is 0 Å². The van der Waals surface area contributed by atoms with Crippen molar-refractivity contribution in [3.8, 4) is 0 Å². The second kappa shape index (κ2) is 9.80. The summed E-state index contributed by atoms with van der Waals surface area (Å²) in [6, 6.07) is 9.07. The fourth-order valence-corrected chi connectivity index (χ4v) is 2.41. The lowest BCUT2D eigenvalue weighted by atomic mass is 9.92. The smallest absolute Gasteiger partial charge is 0.430 e. The summed E-state index contributed by atoms with van der Waals surface area (Å²) in [5.41, 5.74) is 1.54. The number of hydrogen-bond acceptors (Lipinski definition) is 6. The third-order valence-electron chi connectivity index (χ3n) is 3.57. The summed E-state index contributed by atoms with van der Waals surface area (Å²) in [7, 11) is 1.21. The van der Waals surface area contributed by atoms with Gasteiger partial charge in [-0.15, -0.1) is 0 Å². The lowest BCUT2D eigenvalue weighted by Gasteiger charge is -2.37.